The molecule has 102 valence electrons. The van der Waals surface area contributed by atoms with E-state index in [2.05, 4.69) is 5.32 Å². The molecule has 19 heavy (non-hydrogen) atoms. The fraction of sp³-hybridized carbons (Fsp3) is 0.462. The summed E-state index contributed by atoms with van der Waals surface area (Å²) in [4.78, 5) is 22.5. The maximum Gasteiger partial charge on any atom is 0.274 e. The van der Waals surface area contributed by atoms with Crippen LogP contribution in [0.2, 0.25) is 0 Å². The zero-order valence-corrected chi connectivity index (χ0v) is 10.8. The number of nitro benzene ring substituents is 1. The van der Waals surface area contributed by atoms with Gasteiger partial charge in [0.05, 0.1) is 10.5 Å². The van der Waals surface area contributed by atoms with Crippen LogP contribution in [0.1, 0.15) is 31.2 Å². The van der Waals surface area contributed by atoms with Gasteiger partial charge in [0.2, 0.25) is 5.91 Å². The lowest BCUT2D eigenvalue weighted by Gasteiger charge is -2.22. The van der Waals surface area contributed by atoms with Gasteiger partial charge >= 0.3 is 0 Å². The van der Waals surface area contributed by atoms with Gasteiger partial charge in [-0.25, -0.2) is 0 Å². The van der Waals surface area contributed by atoms with Crippen molar-refractivity contribution in [3.63, 3.8) is 0 Å². The highest BCUT2D eigenvalue weighted by atomic mass is 16.6. The summed E-state index contributed by atoms with van der Waals surface area (Å²) in [6.45, 7) is 1.66. The minimum atomic E-state index is -0.834. The van der Waals surface area contributed by atoms with Gasteiger partial charge in [-0.15, -0.1) is 0 Å². The van der Waals surface area contributed by atoms with Crippen LogP contribution in [0, 0.1) is 17.0 Å². The van der Waals surface area contributed by atoms with Crippen molar-refractivity contribution in [2.45, 2.75) is 38.1 Å². The zero-order valence-electron chi connectivity index (χ0n) is 10.8. The molecular weight excluding hydrogens is 246 g/mol. The summed E-state index contributed by atoms with van der Waals surface area (Å²) >= 11 is 0. The van der Waals surface area contributed by atoms with E-state index in [4.69, 9.17) is 5.73 Å². The molecule has 1 aromatic rings. The Morgan fingerprint density at radius 1 is 1.42 bits per heavy atom. The zero-order chi connectivity index (χ0) is 14.0. The molecule has 0 spiro atoms. The number of anilines is 1. The molecule has 0 radical (unpaired) electrons. The average molecular weight is 263 g/mol. The number of aryl methyl sites for hydroxylation is 1. The number of rotatable bonds is 3. The SMILES string of the molecule is Cc1ccc(NC(=O)C2(N)CCCC2)cc1[N+](=O)[O-]. The van der Waals surface area contributed by atoms with Gasteiger partial charge in [0, 0.05) is 17.3 Å². The number of carbonyl (C=O) groups is 1. The lowest BCUT2D eigenvalue weighted by molar-refractivity contribution is -0.385. The highest BCUT2D eigenvalue weighted by molar-refractivity contribution is 5.98. The smallest absolute Gasteiger partial charge is 0.274 e. The number of benzene rings is 1. The Kier molecular flexibility index (Phi) is 3.53. The third kappa shape index (κ3) is 2.73. The maximum absolute atomic E-state index is 12.1. The highest BCUT2D eigenvalue weighted by Crippen LogP contribution is 2.29. The summed E-state index contributed by atoms with van der Waals surface area (Å²) in [6.07, 6.45) is 3.20. The standard InChI is InChI=1S/C13H17N3O3/c1-9-4-5-10(8-11(9)16(18)19)15-12(17)13(14)6-2-3-7-13/h4-5,8H,2-3,6-7,14H2,1H3,(H,15,17). The van der Waals surface area contributed by atoms with E-state index in [1.807, 2.05) is 0 Å². The van der Waals surface area contributed by atoms with Crippen molar-refractivity contribution in [1.82, 2.24) is 0 Å². The van der Waals surface area contributed by atoms with Gasteiger partial charge in [0.15, 0.2) is 0 Å². The number of amides is 1. The predicted octanol–water partition coefficient (Wildman–Crippen LogP) is 2.11. The second-order valence-corrected chi connectivity index (χ2v) is 5.08. The van der Waals surface area contributed by atoms with E-state index >= 15 is 0 Å². The van der Waals surface area contributed by atoms with E-state index in [1.54, 1.807) is 19.1 Å². The topological polar surface area (TPSA) is 98.3 Å². The molecule has 1 saturated carbocycles. The normalized spacial score (nSPS) is 17.2. The summed E-state index contributed by atoms with van der Waals surface area (Å²) in [6, 6.07) is 4.63. The van der Waals surface area contributed by atoms with E-state index in [0.29, 0.717) is 24.1 Å². The Morgan fingerprint density at radius 2 is 2.05 bits per heavy atom. The number of hydrogen-bond acceptors (Lipinski definition) is 4. The van der Waals surface area contributed by atoms with E-state index in [-0.39, 0.29) is 11.6 Å². The molecule has 0 heterocycles. The van der Waals surface area contributed by atoms with Gasteiger partial charge in [-0.05, 0) is 25.8 Å². The maximum atomic E-state index is 12.1. The summed E-state index contributed by atoms with van der Waals surface area (Å²) in [7, 11) is 0. The van der Waals surface area contributed by atoms with Crippen molar-refractivity contribution in [2.24, 2.45) is 5.73 Å². The Balaban J connectivity index is 2.17. The van der Waals surface area contributed by atoms with Crippen molar-refractivity contribution in [3.05, 3.63) is 33.9 Å². The molecule has 0 unspecified atom stereocenters. The minimum absolute atomic E-state index is 0.00436. The van der Waals surface area contributed by atoms with E-state index in [1.165, 1.54) is 6.07 Å². The molecule has 0 aromatic heterocycles. The number of nitrogens with zero attached hydrogens (tertiary/aromatic N) is 1. The molecule has 0 atom stereocenters. The van der Waals surface area contributed by atoms with Crippen molar-refractivity contribution >= 4 is 17.3 Å². The lowest BCUT2D eigenvalue weighted by Crippen LogP contribution is -2.48. The average Bonchev–Trinajstić information content (AvgIpc) is 2.79. The van der Waals surface area contributed by atoms with Gasteiger partial charge in [-0.2, -0.15) is 0 Å². The quantitative estimate of drug-likeness (QED) is 0.644. The number of nitrogens with one attached hydrogen (secondary N) is 1. The molecule has 0 bridgehead atoms. The van der Waals surface area contributed by atoms with Crippen LogP contribution >= 0.6 is 0 Å². The first kappa shape index (κ1) is 13.5. The first-order valence-corrected chi connectivity index (χ1v) is 6.28. The fourth-order valence-electron chi connectivity index (χ4n) is 2.37. The molecule has 1 fully saturated rings. The summed E-state index contributed by atoms with van der Waals surface area (Å²) in [5.74, 6) is -0.261. The molecule has 6 nitrogen and oxygen atoms in total. The first-order chi connectivity index (χ1) is 8.92. The van der Waals surface area contributed by atoms with Crippen LogP contribution in [-0.2, 0) is 4.79 Å². The van der Waals surface area contributed by atoms with Gasteiger partial charge in [-0.1, -0.05) is 18.9 Å². The minimum Gasteiger partial charge on any atom is -0.324 e. The Bertz CT molecular complexity index is 522. The highest BCUT2D eigenvalue weighted by Gasteiger charge is 2.37. The van der Waals surface area contributed by atoms with Gasteiger partial charge in [0.25, 0.3) is 5.69 Å². The second-order valence-electron chi connectivity index (χ2n) is 5.08. The fourth-order valence-corrected chi connectivity index (χ4v) is 2.37. The molecule has 6 heteroatoms. The number of hydrogen-bond donors (Lipinski definition) is 2. The Hall–Kier alpha value is -1.95. The second kappa shape index (κ2) is 4.97. The van der Waals surface area contributed by atoms with Gasteiger partial charge in [0.1, 0.15) is 0 Å². The Morgan fingerprint density at radius 3 is 2.63 bits per heavy atom. The van der Waals surface area contributed by atoms with Crippen LogP contribution in [-0.4, -0.2) is 16.4 Å². The molecule has 1 aromatic carbocycles. The van der Waals surface area contributed by atoms with Crippen LogP contribution in [0.4, 0.5) is 11.4 Å². The van der Waals surface area contributed by atoms with Crippen molar-refractivity contribution in [1.29, 1.82) is 0 Å². The van der Waals surface area contributed by atoms with Crippen LogP contribution in [0.3, 0.4) is 0 Å². The molecule has 1 aliphatic carbocycles. The summed E-state index contributed by atoms with van der Waals surface area (Å²) in [5.41, 5.74) is 6.17. The third-order valence-corrected chi connectivity index (χ3v) is 3.61. The molecule has 1 aliphatic rings. The monoisotopic (exact) mass is 263 g/mol. The molecule has 0 saturated heterocycles. The van der Waals surface area contributed by atoms with Crippen molar-refractivity contribution < 1.29 is 9.72 Å². The summed E-state index contributed by atoms with van der Waals surface area (Å²) < 4.78 is 0. The number of nitrogens with two attached hydrogens (primary N) is 1. The van der Waals surface area contributed by atoms with Crippen LogP contribution in [0.5, 0.6) is 0 Å². The molecule has 1 amide bonds. The van der Waals surface area contributed by atoms with Crippen molar-refractivity contribution in [3.8, 4) is 0 Å². The molecule has 2 rings (SSSR count). The van der Waals surface area contributed by atoms with E-state index in [0.717, 1.165) is 12.8 Å². The number of nitro groups is 1. The molecular formula is C13H17N3O3. The molecule has 0 aliphatic heterocycles. The van der Waals surface area contributed by atoms with Gasteiger partial charge < -0.3 is 11.1 Å². The lowest BCUT2D eigenvalue weighted by atomic mass is 9.98. The van der Waals surface area contributed by atoms with Crippen LogP contribution in [0.25, 0.3) is 0 Å². The largest absolute Gasteiger partial charge is 0.324 e. The summed E-state index contributed by atoms with van der Waals surface area (Å²) in [5, 5.41) is 13.5. The first-order valence-electron chi connectivity index (χ1n) is 6.28. The van der Waals surface area contributed by atoms with Crippen LogP contribution in [0.15, 0.2) is 18.2 Å². The molecule has 3 N–H and O–H groups in total. The van der Waals surface area contributed by atoms with E-state index < -0.39 is 10.5 Å². The third-order valence-electron chi connectivity index (χ3n) is 3.61. The predicted molar refractivity (Wildman–Crippen MR) is 71.8 cm³/mol. The van der Waals surface area contributed by atoms with Gasteiger partial charge in [-0.3, -0.25) is 14.9 Å². The van der Waals surface area contributed by atoms with Crippen LogP contribution < -0.4 is 11.1 Å². The van der Waals surface area contributed by atoms with Crippen molar-refractivity contribution in [2.75, 3.05) is 5.32 Å². The number of carbonyl (C=O) groups excluding carboxylic acids is 1. The Labute approximate surface area is 111 Å². The van der Waals surface area contributed by atoms with E-state index in [9.17, 15) is 14.9 Å².